The molecule has 1 N–H and O–H groups in total. The number of hydrazone groups is 1. The van der Waals surface area contributed by atoms with Gasteiger partial charge in [-0.3, -0.25) is 9.59 Å². The number of amides is 1. The summed E-state index contributed by atoms with van der Waals surface area (Å²) in [6.45, 7) is 8.14. The monoisotopic (exact) mass is 407 g/mol. The van der Waals surface area contributed by atoms with Crippen LogP contribution in [0.4, 0.5) is 5.69 Å². The van der Waals surface area contributed by atoms with Crippen molar-refractivity contribution >= 4 is 23.3 Å². The van der Waals surface area contributed by atoms with Gasteiger partial charge in [-0.25, -0.2) is 5.01 Å². The van der Waals surface area contributed by atoms with E-state index in [2.05, 4.69) is 36.0 Å². The summed E-state index contributed by atoms with van der Waals surface area (Å²) in [7, 11) is 0. The number of aliphatic carboxylic acids is 1. The number of carbonyl (C=O) groups is 2. The minimum absolute atomic E-state index is 0.0615. The Morgan fingerprint density at radius 1 is 1.03 bits per heavy atom. The second-order valence-corrected chi connectivity index (χ2v) is 7.53. The standard InChI is InChI=1S/C24H29N3O3/c1-4-26(5-2)20-12-10-19(11-13-20)22-16-21(18-8-6-17(3)7-9-18)25-27(22)23(28)14-15-24(29)30/h6-13,22H,4-5,14-16H2,1-3H3,(H,29,30). The van der Waals surface area contributed by atoms with Crippen molar-refractivity contribution in [3.05, 3.63) is 65.2 Å². The Balaban J connectivity index is 1.88. The Kier molecular flexibility index (Phi) is 6.87. The van der Waals surface area contributed by atoms with Crippen molar-refractivity contribution in [1.29, 1.82) is 0 Å². The lowest BCUT2D eigenvalue weighted by Crippen LogP contribution is -2.27. The van der Waals surface area contributed by atoms with Gasteiger partial charge in [0.25, 0.3) is 0 Å². The number of hydrogen-bond donors (Lipinski definition) is 1. The van der Waals surface area contributed by atoms with Crippen LogP contribution in [0.3, 0.4) is 0 Å². The zero-order valence-electron chi connectivity index (χ0n) is 17.8. The van der Waals surface area contributed by atoms with Crippen molar-refractivity contribution in [2.75, 3.05) is 18.0 Å². The molecule has 1 atom stereocenters. The van der Waals surface area contributed by atoms with Gasteiger partial charge in [0.2, 0.25) is 5.91 Å². The SMILES string of the molecule is CCN(CC)c1ccc(C2CC(c3ccc(C)cc3)=NN2C(=O)CCC(=O)O)cc1. The van der Waals surface area contributed by atoms with Crippen LogP contribution in [0.1, 0.15) is 55.8 Å². The van der Waals surface area contributed by atoms with E-state index in [1.807, 2.05) is 43.3 Å². The topological polar surface area (TPSA) is 73.2 Å². The van der Waals surface area contributed by atoms with Crippen LogP contribution in [0.2, 0.25) is 0 Å². The largest absolute Gasteiger partial charge is 0.481 e. The Labute approximate surface area is 177 Å². The molecule has 1 amide bonds. The Bertz CT molecular complexity index is 916. The van der Waals surface area contributed by atoms with Crippen LogP contribution in [0, 0.1) is 6.92 Å². The molecule has 0 radical (unpaired) electrons. The summed E-state index contributed by atoms with van der Waals surface area (Å²) in [6, 6.07) is 16.1. The lowest BCUT2D eigenvalue weighted by atomic mass is 9.97. The first-order valence-electron chi connectivity index (χ1n) is 10.5. The van der Waals surface area contributed by atoms with E-state index in [9.17, 15) is 9.59 Å². The second-order valence-electron chi connectivity index (χ2n) is 7.53. The van der Waals surface area contributed by atoms with Gasteiger partial charge in [0.05, 0.1) is 18.2 Å². The molecular formula is C24H29N3O3. The summed E-state index contributed by atoms with van der Waals surface area (Å²) in [6.07, 6.45) is 0.346. The maximum Gasteiger partial charge on any atom is 0.303 e. The number of nitrogens with zero attached hydrogens (tertiary/aromatic N) is 3. The normalized spacial score (nSPS) is 15.8. The molecule has 0 fully saturated rings. The van der Waals surface area contributed by atoms with Gasteiger partial charge in [-0.1, -0.05) is 42.0 Å². The number of carboxylic acids is 1. The van der Waals surface area contributed by atoms with Crippen molar-refractivity contribution in [1.82, 2.24) is 5.01 Å². The fourth-order valence-electron chi connectivity index (χ4n) is 3.74. The molecule has 1 aliphatic heterocycles. The molecule has 0 spiro atoms. The molecule has 0 bridgehead atoms. The Hall–Kier alpha value is -3.15. The van der Waals surface area contributed by atoms with Gasteiger partial charge in [-0.15, -0.1) is 0 Å². The third-order valence-electron chi connectivity index (χ3n) is 5.51. The zero-order chi connectivity index (χ0) is 21.7. The fourth-order valence-corrected chi connectivity index (χ4v) is 3.74. The van der Waals surface area contributed by atoms with E-state index < -0.39 is 5.97 Å². The maximum absolute atomic E-state index is 12.8. The highest BCUT2D eigenvalue weighted by Crippen LogP contribution is 2.34. The van der Waals surface area contributed by atoms with Crippen LogP contribution in [0.5, 0.6) is 0 Å². The molecule has 1 aliphatic rings. The molecule has 158 valence electrons. The molecule has 2 aromatic carbocycles. The highest BCUT2D eigenvalue weighted by atomic mass is 16.4. The van der Waals surface area contributed by atoms with E-state index in [0.717, 1.165) is 41.2 Å². The van der Waals surface area contributed by atoms with Crippen LogP contribution in [-0.2, 0) is 9.59 Å². The van der Waals surface area contributed by atoms with Crippen LogP contribution in [0.15, 0.2) is 53.6 Å². The number of aryl methyl sites for hydroxylation is 1. The molecule has 6 nitrogen and oxygen atoms in total. The molecule has 0 saturated carbocycles. The average molecular weight is 408 g/mol. The molecule has 0 aliphatic carbocycles. The smallest absolute Gasteiger partial charge is 0.303 e. The minimum atomic E-state index is -0.981. The van der Waals surface area contributed by atoms with E-state index in [-0.39, 0.29) is 24.8 Å². The number of rotatable bonds is 8. The minimum Gasteiger partial charge on any atom is -0.481 e. The molecule has 6 heteroatoms. The lowest BCUT2D eigenvalue weighted by Gasteiger charge is -2.24. The van der Waals surface area contributed by atoms with Crippen LogP contribution in [-0.4, -0.2) is 40.8 Å². The van der Waals surface area contributed by atoms with Crippen molar-refractivity contribution in [3.63, 3.8) is 0 Å². The molecule has 1 heterocycles. The summed E-state index contributed by atoms with van der Waals surface area (Å²) in [5, 5.41) is 15.0. The van der Waals surface area contributed by atoms with E-state index in [4.69, 9.17) is 5.11 Å². The third kappa shape index (κ3) is 4.87. The molecule has 2 aromatic rings. The van der Waals surface area contributed by atoms with Crippen molar-refractivity contribution < 1.29 is 14.7 Å². The lowest BCUT2D eigenvalue weighted by molar-refractivity contribution is -0.141. The van der Waals surface area contributed by atoms with Gasteiger partial charge >= 0.3 is 5.97 Å². The van der Waals surface area contributed by atoms with Crippen LogP contribution >= 0.6 is 0 Å². The summed E-state index contributed by atoms with van der Waals surface area (Å²) in [4.78, 5) is 26.0. The Morgan fingerprint density at radius 3 is 2.23 bits per heavy atom. The zero-order valence-corrected chi connectivity index (χ0v) is 17.8. The third-order valence-corrected chi connectivity index (χ3v) is 5.51. The van der Waals surface area contributed by atoms with E-state index >= 15 is 0 Å². The molecular weight excluding hydrogens is 378 g/mol. The number of carbonyl (C=O) groups excluding carboxylic acids is 1. The van der Waals surface area contributed by atoms with Gasteiger partial charge in [0, 0.05) is 31.6 Å². The molecule has 0 aromatic heterocycles. The number of hydrogen-bond acceptors (Lipinski definition) is 4. The molecule has 3 rings (SSSR count). The second kappa shape index (κ2) is 9.57. The first kappa shape index (κ1) is 21.6. The summed E-state index contributed by atoms with van der Waals surface area (Å²) < 4.78 is 0. The highest BCUT2D eigenvalue weighted by molar-refractivity contribution is 6.03. The summed E-state index contributed by atoms with van der Waals surface area (Å²) in [5.74, 6) is -1.25. The highest BCUT2D eigenvalue weighted by Gasteiger charge is 2.33. The van der Waals surface area contributed by atoms with Crippen LogP contribution in [0.25, 0.3) is 0 Å². The quantitative estimate of drug-likeness (QED) is 0.705. The first-order chi connectivity index (χ1) is 14.4. The van der Waals surface area contributed by atoms with Crippen molar-refractivity contribution in [2.24, 2.45) is 5.10 Å². The molecule has 0 saturated heterocycles. The molecule has 30 heavy (non-hydrogen) atoms. The summed E-state index contributed by atoms with van der Waals surface area (Å²) >= 11 is 0. The number of anilines is 1. The number of carboxylic acid groups (broad SMARTS) is 1. The van der Waals surface area contributed by atoms with Crippen LogP contribution < -0.4 is 4.90 Å². The van der Waals surface area contributed by atoms with E-state index in [1.165, 1.54) is 5.01 Å². The Morgan fingerprint density at radius 2 is 1.67 bits per heavy atom. The maximum atomic E-state index is 12.8. The van der Waals surface area contributed by atoms with Gasteiger partial charge in [0.15, 0.2) is 0 Å². The van der Waals surface area contributed by atoms with Crippen molar-refractivity contribution in [2.45, 2.75) is 46.1 Å². The predicted molar refractivity (Wildman–Crippen MR) is 119 cm³/mol. The van der Waals surface area contributed by atoms with Crippen molar-refractivity contribution in [3.8, 4) is 0 Å². The van der Waals surface area contributed by atoms with Gasteiger partial charge in [-0.05, 0) is 44.0 Å². The van der Waals surface area contributed by atoms with E-state index in [1.54, 1.807) is 0 Å². The summed E-state index contributed by atoms with van der Waals surface area (Å²) in [5.41, 5.74) is 5.14. The molecule has 1 unspecified atom stereocenters. The van der Waals surface area contributed by atoms with E-state index in [0.29, 0.717) is 6.42 Å². The van der Waals surface area contributed by atoms with Gasteiger partial charge in [-0.2, -0.15) is 5.10 Å². The average Bonchev–Trinajstić information content (AvgIpc) is 3.19. The number of benzene rings is 2. The van der Waals surface area contributed by atoms with Gasteiger partial charge in [0.1, 0.15) is 0 Å². The van der Waals surface area contributed by atoms with Gasteiger partial charge < -0.3 is 10.0 Å². The first-order valence-corrected chi connectivity index (χ1v) is 10.5. The fraction of sp³-hybridized carbons (Fsp3) is 0.375. The predicted octanol–water partition coefficient (Wildman–Crippen LogP) is 4.38.